The Bertz CT molecular complexity index is 818. The van der Waals surface area contributed by atoms with Crippen LogP contribution in [0, 0.1) is 0 Å². The Balaban J connectivity index is 1.78. The summed E-state index contributed by atoms with van der Waals surface area (Å²) in [4.78, 5) is 20.4. The maximum Gasteiger partial charge on any atom is 0.259 e. The lowest BCUT2D eigenvalue weighted by molar-refractivity contribution is 0.102. The zero-order valence-electron chi connectivity index (χ0n) is 12.1. The smallest absolute Gasteiger partial charge is 0.259 e. The van der Waals surface area contributed by atoms with Gasteiger partial charge in [-0.2, -0.15) is 5.10 Å². The minimum absolute atomic E-state index is 0.311. The SMILES string of the molecule is COc1cc(Cl)ccc1C(=O)Nc1ccc(-n2cncn2)nc1. The van der Waals surface area contributed by atoms with Crippen LogP contribution in [0.1, 0.15) is 10.4 Å². The zero-order valence-corrected chi connectivity index (χ0v) is 12.9. The van der Waals surface area contributed by atoms with Gasteiger partial charge in [-0.3, -0.25) is 4.79 Å². The first-order chi connectivity index (χ1) is 11.2. The van der Waals surface area contributed by atoms with E-state index in [-0.39, 0.29) is 5.91 Å². The van der Waals surface area contributed by atoms with Gasteiger partial charge < -0.3 is 10.1 Å². The number of nitrogens with one attached hydrogen (secondary N) is 1. The number of carbonyl (C=O) groups excluding carboxylic acids is 1. The monoisotopic (exact) mass is 329 g/mol. The predicted molar refractivity (Wildman–Crippen MR) is 85.1 cm³/mol. The van der Waals surface area contributed by atoms with Gasteiger partial charge in [0.05, 0.1) is 24.6 Å². The second-order valence-corrected chi connectivity index (χ2v) is 4.98. The van der Waals surface area contributed by atoms with Crippen molar-refractivity contribution in [3.05, 3.63) is 59.8 Å². The summed E-state index contributed by atoms with van der Waals surface area (Å²) in [6.45, 7) is 0. The first kappa shape index (κ1) is 15.0. The molecule has 0 atom stereocenters. The number of hydrogen-bond acceptors (Lipinski definition) is 5. The number of nitrogens with zero attached hydrogens (tertiary/aromatic N) is 4. The highest BCUT2D eigenvalue weighted by Gasteiger charge is 2.13. The third-order valence-corrected chi connectivity index (χ3v) is 3.30. The van der Waals surface area contributed by atoms with Gasteiger partial charge in [0.15, 0.2) is 5.82 Å². The fourth-order valence-electron chi connectivity index (χ4n) is 1.97. The van der Waals surface area contributed by atoms with E-state index in [0.717, 1.165) is 0 Å². The van der Waals surface area contributed by atoms with Crippen LogP contribution in [0.5, 0.6) is 5.75 Å². The summed E-state index contributed by atoms with van der Waals surface area (Å²) in [5, 5.41) is 7.23. The lowest BCUT2D eigenvalue weighted by atomic mass is 10.2. The summed E-state index contributed by atoms with van der Waals surface area (Å²) in [5.41, 5.74) is 0.938. The number of methoxy groups -OCH3 is 1. The molecule has 0 aliphatic carbocycles. The number of hydrogen-bond donors (Lipinski definition) is 1. The molecule has 0 unspecified atom stereocenters. The summed E-state index contributed by atoms with van der Waals surface area (Å²) in [7, 11) is 1.48. The predicted octanol–water partition coefficient (Wildman–Crippen LogP) is 2.58. The number of pyridine rings is 1. The van der Waals surface area contributed by atoms with Gasteiger partial charge >= 0.3 is 0 Å². The van der Waals surface area contributed by atoms with Gasteiger partial charge in [-0.05, 0) is 30.3 Å². The Morgan fingerprint density at radius 3 is 2.83 bits per heavy atom. The Morgan fingerprint density at radius 2 is 2.17 bits per heavy atom. The molecule has 3 rings (SSSR count). The third kappa shape index (κ3) is 3.29. The summed E-state index contributed by atoms with van der Waals surface area (Å²) < 4.78 is 6.70. The fourth-order valence-corrected chi connectivity index (χ4v) is 2.14. The lowest BCUT2D eigenvalue weighted by Gasteiger charge is -2.10. The van der Waals surface area contributed by atoms with E-state index in [1.807, 2.05) is 0 Å². The molecule has 1 N–H and O–H groups in total. The molecule has 0 fully saturated rings. The first-order valence-electron chi connectivity index (χ1n) is 6.63. The van der Waals surface area contributed by atoms with E-state index in [4.69, 9.17) is 16.3 Å². The maximum absolute atomic E-state index is 12.3. The van der Waals surface area contributed by atoms with Gasteiger partial charge in [-0.15, -0.1) is 0 Å². The summed E-state index contributed by atoms with van der Waals surface area (Å²) >= 11 is 5.89. The second kappa shape index (κ2) is 6.45. The van der Waals surface area contributed by atoms with E-state index in [1.54, 1.807) is 36.7 Å². The van der Waals surface area contributed by atoms with Crippen LogP contribution >= 0.6 is 11.6 Å². The highest BCUT2D eigenvalue weighted by molar-refractivity contribution is 6.31. The minimum atomic E-state index is -0.311. The Hall–Kier alpha value is -2.93. The van der Waals surface area contributed by atoms with Crippen molar-refractivity contribution in [1.29, 1.82) is 0 Å². The lowest BCUT2D eigenvalue weighted by Crippen LogP contribution is -2.13. The molecule has 0 radical (unpaired) electrons. The van der Waals surface area contributed by atoms with E-state index in [1.165, 1.54) is 24.3 Å². The molecule has 2 heterocycles. The number of carbonyl (C=O) groups is 1. The largest absolute Gasteiger partial charge is 0.496 e. The average molecular weight is 330 g/mol. The van der Waals surface area contributed by atoms with E-state index in [2.05, 4.69) is 20.4 Å². The molecule has 7 nitrogen and oxygen atoms in total. The minimum Gasteiger partial charge on any atom is -0.496 e. The van der Waals surface area contributed by atoms with Crippen molar-refractivity contribution in [3.8, 4) is 11.6 Å². The van der Waals surface area contributed by atoms with E-state index < -0.39 is 0 Å². The summed E-state index contributed by atoms with van der Waals surface area (Å²) in [6, 6.07) is 8.27. The van der Waals surface area contributed by atoms with Crippen LogP contribution in [-0.4, -0.2) is 32.8 Å². The van der Waals surface area contributed by atoms with Crippen LogP contribution in [0.25, 0.3) is 5.82 Å². The van der Waals surface area contributed by atoms with E-state index >= 15 is 0 Å². The van der Waals surface area contributed by atoms with Crippen LogP contribution < -0.4 is 10.1 Å². The first-order valence-corrected chi connectivity index (χ1v) is 7.01. The van der Waals surface area contributed by atoms with Crippen molar-refractivity contribution in [2.24, 2.45) is 0 Å². The number of benzene rings is 1. The second-order valence-electron chi connectivity index (χ2n) is 4.54. The molecule has 1 amide bonds. The Morgan fingerprint density at radius 1 is 1.30 bits per heavy atom. The molecule has 0 spiro atoms. The Labute approximate surface area is 136 Å². The molecule has 8 heteroatoms. The highest BCUT2D eigenvalue weighted by atomic mass is 35.5. The van der Waals surface area contributed by atoms with Crippen molar-refractivity contribution in [2.75, 3.05) is 12.4 Å². The van der Waals surface area contributed by atoms with Crippen molar-refractivity contribution >= 4 is 23.2 Å². The molecule has 0 saturated heterocycles. The van der Waals surface area contributed by atoms with Crippen LogP contribution in [0.4, 0.5) is 5.69 Å². The van der Waals surface area contributed by atoms with Gasteiger partial charge in [0.2, 0.25) is 0 Å². The summed E-state index contributed by atoms with van der Waals surface area (Å²) in [6.07, 6.45) is 4.50. The number of amides is 1. The third-order valence-electron chi connectivity index (χ3n) is 3.07. The molecule has 0 aliphatic rings. The maximum atomic E-state index is 12.3. The molecule has 3 aromatic rings. The molecular formula is C15H12ClN5O2. The highest BCUT2D eigenvalue weighted by Crippen LogP contribution is 2.24. The molecular weight excluding hydrogens is 318 g/mol. The number of halogens is 1. The summed E-state index contributed by atoms with van der Waals surface area (Å²) in [5.74, 6) is 0.695. The molecule has 116 valence electrons. The van der Waals surface area contributed by atoms with Crippen molar-refractivity contribution in [1.82, 2.24) is 19.7 Å². The van der Waals surface area contributed by atoms with E-state index in [0.29, 0.717) is 27.8 Å². The average Bonchev–Trinajstić information content (AvgIpc) is 3.09. The molecule has 2 aromatic heterocycles. The van der Waals surface area contributed by atoms with Crippen molar-refractivity contribution in [2.45, 2.75) is 0 Å². The van der Waals surface area contributed by atoms with Crippen molar-refractivity contribution < 1.29 is 9.53 Å². The number of rotatable bonds is 4. The van der Waals surface area contributed by atoms with Gasteiger partial charge in [0, 0.05) is 5.02 Å². The fraction of sp³-hybridized carbons (Fsp3) is 0.0667. The number of aromatic nitrogens is 4. The molecule has 0 saturated carbocycles. The topological polar surface area (TPSA) is 81.9 Å². The molecule has 23 heavy (non-hydrogen) atoms. The van der Waals surface area contributed by atoms with Crippen molar-refractivity contribution in [3.63, 3.8) is 0 Å². The molecule has 1 aromatic carbocycles. The zero-order chi connectivity index (χ0) is 16.2. The molecule has 0 aliphatic heterocycles. The molecule has 0 bridgehead atoms. The normalized spacial score (nSPS) is 10.3. The van der Waals surface area contributed by atoms with Crippen LogP contribution in [0.2, 0.25) is 5.02 Å². The number of ether oxygens (including phenoxy) is 1. The van der Waals surface area contributed by atoms with Crippen LogP contribution in [0.15, 0.2) is 49.2 Å². The van der Waals surface area contributed by atoms with Gasteiger partial charge in [-0.25, -0.2) is 14.6 Å². The quantitative estimate of drug-likeness (QED) is 0.795. The van der Waals surface area contributed by atoms with Crippen LogP contribution in [-0.2, 0) is 0 Å². The van der Waals surface area contributed by atoms with Gasteiger partial charge in [0.25, 0.3) is 5.91 Å². The van der Waals surface area contributed by atoms with E-state index in [9.17, 15) is 4.79 Å². The number of anilines is 1. The standard InChI is InChI=1S/C15H12ClN5O2/c1-23-13-6-10(16)2-4-12(13)15(22)20-11-3-5-14(18-7-11)21-9-17-8-19-21/h2-9H,1H3,(H,20,22). The van der Waals surface area contributed by atoms with Gasteiger partial charge in [0.1, 0.15) is 18.4 Å². The van der Waals surface area contributed by atoms with Gasteiger partial charge in [-0.1, -0.05) is 11.6 Å². The van der Waals surface area contributed by atoms with Crippen LogP contribution in [0.3, 0.4) is 0 Å². The Kier molecular flexibility index (Phi) is 4.20.